The number of hydrogen-bond donors (Lipinski definition) is 0. The highest BCUT2D eigenvalue weighted by molar-refractivity contribution is 5.16. The van der Waals surface area contributed by atoms with Gasteiger partial charge in [0.1, 0.15) is 23.4 Å². The van der Waals surface area contributed by atoms with Crippen LogP contribution in [0.2, 0.25) is 0 Å². The highest BCUT2D eigenvalue weighted by atomic mass is 16.6. The molecule has 0 radical (unpaired) electrons. The van der Waals surface area contributed by atoms with Gasteiger partial charge < -0.3 is 14.2 Å². The van der Waals surface area contributed by atoms with E-state index < -0.39 is 0 Å². The summed E-state index contributed by atoms with van der Waals surface area (Å²) in [7, 11) is 0. The molecular formula is C16H26O3. The second kappa shape index (κ2) is 5.78. The smallest absolute Gasteiger partial charge is 0.116 e. The van der Waals surface area contributed by atoms with Crippen molar-refractivity contribution in [3.05, 3.63) is 24.3 Å². The lowest BCUT2D eigenvalue weighted by atomic mass is 9.90. The molecule has 0 aromatic carbocycles. The van der Waals surface area contributed by atoms with Gasteiger partial charge in [-0.25, -0.2) is 0 Å². The number of allylic oxidation sites excluding steroid dienone is 2. The Balaban J connectivity index is 2.26. The van der Waals surface area contributed by atoms with Gasteiger partial charge in [0.15, 0.2) is 0 Å². The lowest BCUT2D eigenvalue weighted by Gasteiger charge is -2.39. The molecule has 0 bridgehead atoms. The molecule has 4 atom stereocenters. The normalized spacial score (nSPS) is 32.4. The number of rotatable bonds is 8. The summed E-state index contributed by atoms with van der Waals surface area (Å²) in [6.07, 6.45) is 10.6. The molecule has 0 N–H and O–H groups in total. The van der Waals surface area contributed by atoms with Crippen molar-refractivity contribution < 1.29 is 14.2 Å². The molecule has 0 aliphatic carbocycles. The van der Waals surface area contributed by atoms with Crippen LogP contribution in [-0.2, 0) is 14.2 Å². The van der Waals surface area contributed by atoms with Crippen LogP contribution < -0.4 is 0 Å². The summed E-state index contributed by atoms with van der Waals surface area (Å²) in [5.41, 5.74) is -0.646. The second-order valence-corrected chi connectivity index (χ2v) is 5.36. The van der Waals surface area contributed by atoms with Crippen LogP contribution in [0.1, 0.15) is 40.5 Å². The molecular weight excluding hydrogens is 240 g/mol. The molecule has 19 heavy (non-hydrogen) atoms. The summed E-state index contributed by atoms with van der Waals surface area (Å²) in [5, 5.41) is 0. The van der Waals surface area contributed by atoms with E-state index in [1.54, 1.807) is 0 Å². The molecule has 0 amide bonds. The molecule has 0 spiro atoms. The topological polar surface area (TPSA) is 34.3 Å². The maximum Gasteiger partial charge on any atom is 0.116 e. The fourth-order valence-electron chi connectivity index (χ4n) is 2.83. The highest BCUT2D eigenvalue weighted by Gasteiger charge is 2.54. The summed E-state index contributed by atoms with van der Waals surface area (Å²) in [5.74, 6) is 0. The summed E-state index contributed by atoms with van der Waals surface area (Å²) in [6, 6.07) is 0. The first-order valence-electron chi connectivity index (χ1n) is 7.37. The summed E-state index contributed by atoms with van der Waals surface area (Å²) in [6.45, 7) is 9.97. The predicted molar refractivity (Wildman–Crippen MR) is 76.2 cm³/mol. The Kier molecular flexibility index (Phi) is 4.49. The fraction of sp³-hybridized carbons (Fsp3) is 0.750. The van der Waals surface area contributed by atoms with Crippen LogP contribution in [0.3, 0.4) is 0 Å². The molecule has 2 heterocycles. The lowest BCUT2D eigenvalue weighted by Crippen LogP contribution is -2.48. The van der Waals surface area contributed by atoms with Crippen molar-refractivity contribution in [2.75, 3.05) is 13.2 Å². The van der Waals surface area contributed by atoms with Crippen LogP contribution in [0.4, 0.5) is 0 Å². The average molecular weight is 266 g/mol. The van der Waals surface area contributed by atoms with Crippen molar-refractivity contribution in [2.24, 2.45) is 0 Å². The molecule has 2 aliphatic rings. The van der Waals surface area contributed by atoms with Gasteiger partial charge in [-0.05, 0) is 26.7 Å². The van der Waals surface area contributed by atoms with Crippen molar-refractivity contribution in [1.29, 1.82) is 0 Å². The second-order valence-electron chi connectivity index (χ2n) is 5.36. The Morgan fingerprint density at radius 2 is 1.32 bits per heavy atom. The Morgan fingerprint density at radius 1 is 0.947 bits per heavy atom. The van der Waals surface area contributed by atoms with Crippen molar-refractivity contribution >= 4 is 0 Å². The van der Waals surface area contributed by atoms with Gasteiger partial charge in [-0.1, -0.05) is 38.2 Å². The van der Waals surface area contributed by atoms with Crippen molar-refractivity contribution in [3.63, 3.8) is 0 Å². The van der Waals surface area contributed by atoms with Gasteiger partial charge in [-0.3, -0.25) is 0 Å². The molecule has 2 saturated heterocycles. The number of epoxide rings is 2. The molecule has 2 aliphatic heterocycles. The molecule has 3 heteroatoms. The van der Waals surface area contributed by atoms with Crippen LogP contribution in [0.25, 0.3) is 0 Å². The van der Waals surface area contributed by atoms with Crippen LogP contribution in [0, 0.1) is 0 Å². The first kappa shape index (κ1) is 14.8. The van der Waals surface area contributed by atoms with E-state index in [-0.39, 0.29) is 23.4 Å². The van der Waals surface area contributed by atoms with Gasteiger partial charge >= 0.3 is 0 Å². The lowest BCUT2D eigenvalue weighted by molar-refractivity contribution is -0.132. The minimum Gasteiger partial charge on any atom is -0.370 e. The van der Waals surface area contributed by atoms with E-state index in [1.807, 2.05) is 13.8 Å². The third-order valence-corrected chi connectivity index (χ3v) is 4.14. The van der Waals surface area contributed by atoms with E-state index in [4.69, 9.17) is 14.2 Å². The molecule has 2 rings (SSSR count). The fourth-order valence-corrected chi connectivity index (χ4v) is 2.83. The van der Waals surface area contributed by atoms with Crippen LogP contribution in [0.5, 0.6) is 0 Å². The Hall–Kier alpha value is -0.640. The Labute approximate surface area is 116 Å². The zero-order valence-corrected chi connectivity index (χ0v) is 12.5. The summed E-state index contributed by atoms with van der Waals surface area (Å²) < 4.78 is 17.7. The Bertz CT molecular complexity index is 321. The van der Waals surface area contributed by atoms with Gasteiger partial charge in [-0.15, -0.1) is 0 Å². The summed E-state index contributed by atoms with van der Waals surface area (Å²) in [4.78, 5) is 0. The van der Waals surface area contributed by atoms with E-state index in [0.717, 1.165) is 26.1 Å². The van der Waals surface area contributed by atoms with Crippen LogP contribution >= 0.6 is 0 Å². The van der Waals surface area contributed by atoms with E-state index >= 15 is 0 Å². The standard InChI is InChI=1S/C16H26O3/c1-5-9-15(7-3,13-11-17-13)19-16(8-4,10-6-2)14-12-18-14/h5-6,9-10,13-14H,7-8,11-12H2,1-4H3. The zero-order chi connectivity index (χ0) is 13.9. The average Bonchev–Trinajstić information content (AvgIpc) is 3.29. The van der Waals surface area contributed by atoms with E-state index in [1.165, 1.54) is 0 Å². The largest absolute Gasteiger partial charge is 0.370 e. The van der Waals surface area contributed by atoms with Crippen molar-refractivity contribution in [1.82, 2.24) is 0 Å². The molecule has 3 nitrogen and oxygen atoms in total. The first-order valence-corrected chi connectivity index (χ1v) is 7.37. The Morgan fingerprint density at radius 3 is 1.53 bits per heavy atom. The van der Waals surface area contributed by atoms with Crippen molar-refractivity contribution in [2.45, 2.75) is 63.9 Å². The monoisotopic (exact) mass is 266 g/mol. The van der Waals surface area contributed by atoms with Crippen molar-refractivity contribution in [3.8, 4) is 0 Å². The minimum atomic E-state index is -0.323. The van der Waals surface area contributed by atoms with Gasteiger partial charge in [0.05, 0.1) is 13.2 Å². The van der Waals surface area contributed by atoms with Gasteiger partial charge in [0.2, 0.25) is 0 Å². The summed E-state index contributed by atoms with van der Waals surface area (Å²) >= 11 is 0. The SMILES string of the molecule is CC=CC(CC)(OC(C=CC)(CC)C1CO1)C1CO1. The molecule has 0 aromatic heterocycles. The maximum absolute atomic E-state index is 6.63. The van der Waals surface area contributed by atoms with Gasteiger partial charge in [0, 0.05) is 0 Å². The third kappa shape index (κ3) is 2.93. The first-order chi connectivity index (χ1) is 9.16. The van der Waals surface area contributed by atoms with Crippen LogP contribution in [-0.4, -0.2) is 36.6 Å². The number of ether oxygens (including phenoxy) is 3. The highest BCUT2D eigenvalue weighted by Crippen LogP contribution is 2.42. The molecule has 0 saturated carbocycles. The minimum absolute atomic E-state index is 0.184. The van der Waals surface area contributed by atoms with Gasteiger partial charge in [0.25, 0.3) is 0 Å². The maximum atomic E-state index is 6.63. The predicted octanol–water partition coefficient (Wildman–Crippen LogP) is 3.25. The molecule has 108 valence electrons. The zero-order valence-electron chi connectivity index (χ0n) is 12.5. The molecule has 2 fully saturated rings. The quantitative estimate of drug-likeness (QED) is 0.499. The third-order valence-electron chi connectivity index (χ3n) is 4.14. The van der Waals surface area contributed by atoms with E-state index in [0.29, 0.717) is 0 Å². The molecule has 0 aromatic rings. The molecule has 4 unspecified atom stereocenters. The van der Waals surface area contributed by atoms with Gasteiger partial charge in [-0.2, -0.15) is 0 Å². The number of hydrogen-bond acceptors (Lipinski definition) is 3. The van der Waals surface area contributed by atoms with E-state index in [9.17, 15) is 0 Å². The van der Waals surface area contributed by atoms with Crippen LogP contribution in [0.15, 0.2) is 24.3 Å². The van der Waals surface area contributed by atoms with E-state index in [2.05, 4.69) is 38.2 Å².